The van der Waals surface area contributed by atoms with E-state index in [4.69, 9.17) is 27.3 Å². The molecule has 264 valence electrons. The van der Waals surface area contributed by atoms with E-state index in [9.17, 15) is 46.2 Å². The molecule has 18 heteroatoms. The zero-order valence-corrected chi connectivity index (χ0v) is 29.1. The number of aliphatic hydroxyl groups is 2. The fourth-order valence-electron chi connectivity index (χ4n) is 2.91. The number of hydrogen-bond donors (Lipinski definition) is 2. The predicted octanol–water partition coefficient (Wildman–Crippen LogP) is 1.02. The summed E-state index contributed by atoms with van der Waals surface area (Å²) in [5, 5.41) is 20.7. The lowest BCUT2D eigenvalue weighted by Gasteiger charge is -2.29. The Morgan fingerprint density at radius 1 is 0.556 bits per heavy atom. The summed E-state index contributed by atoms with van der Waals surface area (Å²) >= 11 is 0. The molecule has 0 aliphatic carbocycles. The maximum absolute atomic E-state index is 12.4. The van der Waals surface area contributed by atoms with Crippen LogP contribution < -0.4 is 0 Å². The number of ether oxygens (including phenoxy) is 4. The first-order chi connectivity index (χ1) is 20.2. The van der Waals surface area contributed by atoms with Crippen molar-refractivity contribution >= 4 is 44.1 Å². The van der Waals surface area contributed by atoms with Gasteiger partial charge in [0.2, 0.25) is 12.6 Å². The standard InChI is InChI=1S/C27H48O16S2/c1-16(2)22(30)40-18(5)42-24(32)20(28)26(7,8)14-38-44(34,35)12-11-13-45(36,37)39-15-27(9,10)21(29)25(33)43-19(6)41-23(31)17(3)4/h16-21,28-29H,11-15H2,1-10H3/t18?,19?,20-,21-/m1/s1. The van der Waals surface area contributed by atoms with Crippen molar-refractivity contribution in [3.8, 4) is 0 Å². The Morgan fingerprint density at radius 2 is 0.822 bits per heavy atom. The minimum absolute atomic E-state index is 0.460. The van der Waals surface area contributed by atoms with E-state index in [1.807, 2.05) is 0 Å². The number of aliphatic hydroxyl groups excluding tert-OH is 2. The fraction of sp³-hybridized carbons (Fsp3) is 0.852. The quantitative estimate of drug-likeness (QED) is 0.103. The highest BCUT2D eigenvalue weighted by Crippen LogP contribution is 2.25. The Bertz CT molecular complexity index is 1130. The van der Waals surface area contributed by atoms with Gasteiger partial charge in [-0.3, -0.25) is 18.0 Å². The summed E-state index contributed by atoms with van der Waals surface area (Å²) in [5.74, 6) is -6.13. The fourth-order valence-corrected chi connectivity index (χ4v) is 5.29. The third-order valence-electron chi connectivity index (χ3n) is 6.01. The van der Waals surface area contributed by atoms with Crippen molar-refractivity contribution in [1.29, 1.82) is 0 Å². The summed E-state index contributed by atoms with van der Waals surface area (Å²) in [7, 11) is -8.66. The molecule has 0 aliphatic rings. The number of rotatable bonds is 20. The van der Waals surface area contributed by atoms with Gasteiger partial charge in [0, 0.05) is 24.7 Å². The molecule has 16 nitrogen and oxygen atoms in total. The molecular weight excluding hydrogens is 644 g/mol. The van der Waals surface area contributed by atoms with Gasteiger partial charge in [-0.25, -0.2) is 9.59 Å². The van der Waals surface area contributed by atoms with E-state index in [-0.39, 0.29) is 0 Å². The first-order valence-electron chi connectivity index (χ1n) is 14.2. The van der Waals surface area contributed by atoms with E-state index < -0.39 is 123 Å². The van der Waals surface area contributed by atoms with Crippen molar-refractivity contribution in [2.75, 3.05) is 24.7 Å². The Morgan fingerprint density at radius 3 is 1.09 bits per heavy atom. The molecule has 0 spiro atoms. The molecule has 45 heavy (non-hydrogen) atoms. The lowest BCUT2D eigenvalue weighted by molar-refractivity contribution is -0.198. The zero-order chi connectivity index (χ0) is 35.6. The van der Waals surface area contributed by atoms with Crippen molar-refractivity contribution < 1.29 is 73.5 Å². The van der Waals surface area contributed by atoms with Crippen LogP contribution >= 0.6 is 0 Å². The van der Waals surface area contributed by atoms with E-state index in [0.717, 1.165) is 0 Å². The molecule has 4 atom stereocenters. The van der Waals surface area contributed by atoms with Crippen LogP contribution in [0.15, 0.2) is 0 Å². The van der Waals surface area contributed by atoms with Crippen LogP contribution in [0.25, 0.3) is 0 Å². The maximum Gasteiger partial charge on any atom is 0.338 e. The molecule has 0 aromatic heterocycles. The lowest BCUT2D eigenvalue weighted by Crippen LogP contribution is -2.43. The van der Waals surface area contributed by atoms with Crippen LogP contribution in [0, 0.1) is 22.7 Å². The summed E-state index contributed by atoms with van der Waals surface area (Å²) in [6.07, 6.45) is -6.80. The van der Waals surface area contributed by atoms with Gasteiger partial charge in [0.25, 0.3) is 20.2 Å². The van der Waals surface area contributed by atoms with Crippen LogP contribution in [-0.2, 0) is 66.7 Å². The summed E-state index contributed by atoms with van der Waals surface area (Å²) in [6, 6.07) is 0. The van der Waals surface area contributed by atoms with Crippen LogP contribution in [0.5, 0.6) is 0 Å². The number of carbonyl (C=O) groups excluding carboxylic acids is 4. The minimum Gasteiger partial charge on any atom is -0.425 e. The van der Waals surface area contributed by atoms with Gasteiger partial charge in [0.1, 0.15) is 0 Å². The van der Waals surface area contributed by atoms with E-state index >= 15 is 0 Å². The van der Waals surface area contributed by atoms with Crippen LogP contribution in [-0.4, -0.2) is 100 Å². The first kappa shape index (κ1) is 42.6. The second-order valence-corrected chi connectivity index (χ2v) is 15.9. The normalized spacial score (nSPS) is 15.6. The molecule has 0 aromatic carbocycles. The van der Waals surface area contributed by atoms with Crippen molar-refractivity contribution in [3.63, 3.8) is 0 Å². The number of esters is 4. The number of hydrogen-bond acceptors (Lipinski definition) is 16. The molecule has 0 fully saturated rings. The molecule has 0 aromatic rings. The zero-order valence-electron chi connectivity index (χ0n) is 27.4. The molecular formula is C27H48O16S2. The third kappa shape index (κ3) is 16.1. The first-order valence-corrected chi connectivity index (χ1v) is 17.3. The minimum atomic E-state index is -4.33. The summed E-state index contributed by atoms with van der Waals surface area (Å²) in [4.78, 5) is 47.8. The average Bonchev–Trinajstić information content (AvgIpc) is 2.89. The highest BCUT2D eigenvalue weighted by molar-refractivity contribution is 7.87. The van der Waals surface area contributed by atoms with Crippen LogP contribution in [0.2, 0.25) is 0 Å². The number of carbonyl (C=O) groups is 4. The van der Waals surface area contributed by atoms with Gasteiger partial charge in [-0.15, -0.1) is 0 Å². The maximum atomic E-state index is 12.4. The molecule has 0 heterocycles. The van der Waals surface area contributed by atoms with Crippen LogP contribution in [0.1, 0.15) is 75.7 Å². The van der Waals surface area contributed by atoms with Gasteiger partial charge in [0.05, 0.1) is 36.6 Å². The predicted molar refractivity (Wildman–Crippen MR) is 157 cm³/mol. The Hall–Kier alpha value is -2.38. The summed E-state index contributed by atoms with van der Waals surface area (Å²) < 4.78 is 78.8. The van der Waals surface area contributed by atoms with Gasteiger partial charge < -0.3 is 29.2 Å². The van der Waals surface area contributed by atoms with Gasteiger partial charge in [-0.2, -0.15) is 16.8 Å². The smallest absolute Gasteiger partial charge is 0.338 e. The SMILES string of the molecule is CC(OC(=O)C(C)C)OC(=O)[C@@H](O)C(C)(C)COS(=O)(=O)CCCS(=O)(=O)OCC(C)(C)[C@H](O)C(=O)OC(C)OC(=O)C(C)C. The van der Waals surface area contributed by atoms with Crippen molar-refractivity contribution in [3.05, 3.63) is 0 Å². The van der Waals surface area contributed by atoms with E-state index in [1.165, 1.54) is 41.5 Å². The Balaban J connectivity index is 4.89. The molecule has 0 amide bonds. The van der Waals surface area contributed by atoms with Gasteiger partial charge in [0.15, 0.2) is 12.2 Å². The van der Waals surface area contributed by atoms with Gasteiger partial charge in [-0.1, -0.05) is 55.4 Å². The summed E-state index contributed by atoms with van der Waals surface area (Å²) in [6.45, 7) is 12.8. The Kier molecular flexibility index (Phi) is 16.6. The monoisotopic (exact) mass is 692 g/mol. The average molecular weight is 693 g/mol. The molecule has 0 saturated carbocycles. The second-order valence-electron chi connectivity index (χ2n) is 12.4. The molecule has 2 unspecified atom stereocenters. The molecule has 2 N–H and O–H groups in total. The molecule has 0 bridgehead atoms. The van der Waals surface area contributed by atoms with Crippen molar-refractivity contribution in [1.82, 2.24) is 0 Å². The van der Waals surface area contributed by atoms with Crippen molar-refractivity contribution in [2.45, 2.75) is 100 Å². The second kappa shape index (κ2) is 17.5. The molecule has 0 saturated heterocycles. The van der Waals surface area contributed by atoms with Crippen LogP contribution in [0.4, 0.5) is 0 Å². The molecule has 0 radical (unpaired) electrons. The van der Waals surface area contributed by atoms with Gasteiger partial charge >= 0.3 is 23.9 Å². The highest BCUT2D eigenvalue weighted by Gasteiger charge is 2.39. The summed E-state index contributed by atoms with van der Waals surface area (Å²) in [5.41, 5.74) is -2.97. The van der Waals surface area contributed by atoms with E-state index in [0.29, 0.717) is 0 Å². The largest absolute Gasteiger partial charge is 0.425 e. The van der Waals surface area contributed by atoms with E-state index in [1.54, 1.807) is 27.7 Å². The van der Waals surface area contributed by atoms with Gasteiger partial charge in [-0.05, 0) is 6.42 Å². The topological polar surface area (TPSA) is 232 Å². The molecule has 0 aliphatic heterocycles. The van der Waals surface area contributed by atoms with Crippen molar-refractivity contribution in [2.24, 2.45) is 22.7 Å². The van der Waals surface area contributed by atoms with E-state index in [2.05, 4.69) is 0 Å². The van der Waals surface area contributed by atoms with Crippen LogP contribution in [0.3, 0.4) is 0 Å². The third-order valence-corrected chi connectivity index (χ3v) is 8.54. The highest BCUT2D eigenvalue weighted by atomic mass is 32.2. The Labute approximate surface area is 265 Å². The molecule has 0 rings (SSSR count). The lowest BCUT2D eigenvalue weighted by atomic mass is 9.87.